The number of amides is 1. The molecule has 94 valence electrons. The maximum Gasteiger partial charge on any atom is 0.274 e. The first-order valence-corrected chi connectivity index (χ1v) is 5.72. The van der Waals surface area contributed by atoms with Crippen molar-refractivity contribution in [1.82, 2.24) is 30.7 Å². The molecule has 1 aliphatic carbocycles. The normalized spacial score (nSPS) is 14.7. The third-order valence-electron chi connectivity index (χ3n) is 2.92. The molecule has 3 rings (SSSR count). The van der Waals surface area contributed by atoms with Gasteiger partial charge in [-0.1, -0.05) is 0 Å². The molecule has 2 heterocycles. The number of hydrogen-bond donors (Lipinski definition) is 4. The number of carbonyl (C=O) groups excluding carboxylic acids is 1. The lowest BCUT2D eigenvalue weighted by atomic mass is 10.2. The van der Waals surface area contributed by atoms with Gasteiger partial charge in [0.15, 0.2) is 5.69 Å². The van der Waals surface area contributed by atoms with Crippen LogP contribution in [0.3, 0.4) is 0 Å². The highest BCUT2D eigenvalue weighted by Crippen LogP contribution is 2.42. The number of aromatic amines is 2. The molecule has 0 unspecified atom stereocenters. The van der Waals surface area contributed by atoms with Crippen molar-refractivity contribution in [2.45, 2.75) is 25.3 Å². The van der Waals surface area contributed by atoms with Crippen molar-refractivity contribution in [1.29, 1.82) is 0 Å². The first kappa shape index (κ1) is 10.8. The molecular weight excluding hydrogens is 234 g/mol. The summed E-state index contributed by atoms with van der Waals surface area (Å²) in [6, 6.07) is 0. The van der Waals surface area contributed by atoms with Crippen LogP contribution in [0.1, 0.15) is 40.8 Å². The summed E-state index contributed by atoms with van der Waals surface area (Å²) in [5, 5.41) is 15.8. The minimum absolute atomic E-state index is 0.247. The molecular formula is C10H13N7O. The van der Waals surface area contributed by atoms with E-state index in [1.807, 2.05) is 0 Å². The number of H-pyrrole nitrogens is 2. The Morgan fingerprint density at radius 1 is 1.50 bits per heavy atom. The molecule has 2 aromatic rings. The summed E-state index contributed by atoms with van der Waals surface area (Å²) in [4.78, 5) is 15.8. The van der Waals surface area contributed by atoms with Crippen LogP contribution in [0.4, 0.5) is 5.69 Å². The van der Waals surface area contributed by atoms with Gasteiger partial charge in [0.25, 0.3) is 5.91 Å². The maximum absolute atomic E-state index is 11.9. The van der Waals surface area contributed by atoms with Gasteiger partial charge in [0.1, 0.15) is 12.2 Å². The molecule has 8 nitrogen and oxygen atoms in total. The Morgan fingerprint density at radius 2 is 2.33 bits per heavy atom. The topological polar surface area (TPSA) is 125 Å². The first-order chi connectivity index (χ1) is 8.75. The van der Waals surface area contributed by atoms with Crippen LogP contribution in [-0.4, -0.2) is 31.3 Å². The molecule has 18 heavy (non-hydrogen) atoms. The summed E-state index contributed by atoms with van der Waals surface area (Å²) in [7, 11) is 0. The third-order valence-corrected chi connectivity index (χ3v) is 2.92. The average molecular weight is 247 g/mol. The van der Waals surface area contributed by atoms with E-state index in [4.69, 9.17) is 5.73 Å². The number of hydrogen-bond acceptors (Lipinski definition) is 5. The van der Waals surface area contributed by atoms with Gasteiger partial charge in [-0.3, -0.25) is 15.0 Å². The molecule has 2 aromatic heterocycles. The van der Waals surface area contributed by atoms with Crippen molar-refractivity contribution in [3.05, 3.63) is 23.5 Å². The van der Waals surface area contributed by atoms with E-state index >= 15 is 0 Å². The highest BCUT2D eigenvalue weighted by molar-refractivity contribution is 5.97. The molecule has 8 heteroatoms. The number of aromatic nitrogens is 5. The lowest BCUT2D eigenvalue weighted by Gasteiger charge is -2.01. The molecule has 5 N–H and O–H groups in total. The lowest BCUT2D eigenvalue weighted by molar-refractivity contribution is 0.0946. The second-order valence-electron chi connectivity index (χ2n) is 4.29. The Labute approximate surface area is 102 Å². The highest BCUT2D eigenvalue weighted by Gasteiger charge is 2.30. The predicted octanol–water partition coefficient (Wildman–Crippen LogP) is -0.0826. The van der Waals surface area contributed by atoms with Crippen molar-refractivity contribution < 1.29 is 4.79 Å². The molecule has 1 saturated carbocycles. The molecule has 1 aliphatic rings. The molecule has 0 aliphatic heterocycles. The molecule has 1 fully saturated rings. The Hall–Kier alpha value is -2.38. The summed E-state index contributed by atoms with van der Waals surface area (Å²) in [6.07, 6.45) is 3.59. The Bertz CT molecular complexity index is 555. The van der Waals surface area contributed by atoms with Gasteiger partial charge in [-0.25, -0.2) is 4.98 Å². The molecule has 0 bridgehead atoms. The first-order valence-electron chi connectivity index (χ1n) is 5.72. The second-order valence-corrected chi connectivity index (χ2v) is 4.29. The van der Waals surface area contributed by atoms with Gasteiger partial charge >= 0.3 is 0 Å². The van der Waals surface area contributed by atoms with Gasteiger partial charge in [0.2, 0.25) is 0 Å². The number of carbonyl (C=O) groups is 1. The molecule has 0 radical (unpaired) electrons. The molecule has 0 atom stereocenters. The van der Waals surface area contributed by atoms with Gasteiger partial charge in [0, 0.05) is 5.92 Å². The number of nitrogen functional groups attached to an aromatic ring is 1. The highest BCUT2D eigenvalue weighted by atomic mass is 16.1. The van der Waals surface area contributed by atoms with Crippen molar-refractivity contribution in [2.75, 3.05) is 5.73 Å². The van der Waals surface area contributed by atoms with Crippen molar-refractivity contribution in [3.8, 4) is 0 Å². The molecule has 0 aromatic carbocycles. The Morgan fingerprint density at radius 3 is 3.00 bits per heavy atom. The van der Waals surface area contributed by atoms with Crippen LogP contribution < -0.4 is 11.1 Å². The van der Waals surface area contributed by atoms with Crippen LogP contribution in [0.25, 0.3) is 0 Å². The SMILES string of the molecule is Nc1c(C(=O)NCc2ncn[nH]2)n[nH]c1C1CC1. The summed E-state index contributed by atoms with van der Waals surface area (Å²) < 4.78 is 0. The van der Waals surface area contributed by atoms with Crippen LogP contribution in [-0.2, 0) is 6.54 Å². The van der Waals surface area contributed by atoms with Crippen molar-refractivity contribution in [3.63, 3.8) is 0 Å². The fourth-order valence-corrected chi connectivity index (χ4v) is 1.78. The summed E-state index contributed by atoms with van der Waals surface area (Å²) >= 11 is 0. The quantitative estimate of drug-likeness (QED) is 0.601. The van der Waals surface area contributed by atoms with Crippen LogP contribution in [0.15, 0.2) is 6.33 Å². The minimum Gasteiger partial charge on any atom is -0.395 e. The van der Waals surface area contributed by atoms with Crippen molar-refractivity contribution in [2.24, 2.45) is 0 Å². The number of nitrogens with two attached hydrogens (primary N) is 1. The van der Waals surface area contributed by atoms with Gasteiger partial charge < -0.3 is 11.1 Å². The van der Waals surface area contributed by atoms with Gasteiger partial charge in [-0.2, -0.15) is 10.2 Å². The van der Waals surface area contributed by atoms with Gasteiger partial charge in [-0.05, 0) is 12.8 Å². The zero-order valence-corrected chi connectivity index (χ0v) is 9.60. The van der Waals surface area contributed by atoms with E-state index < -0.39 is 0 Å². The molecule has 1 amide bonds. The number of rotatable bonds is 4. The van der Waals surface area contributed by atoms with Crippen LogP contribution in [0, 0.1) is 0 Å². The van der Waals surface area contributed by atoms with E-state index in [1.165, 1.54) is 6.33 Å². The number of anilines is 1. The van der Waals surface area contributed by atoms with E-state index in [1.54, 1.807) is 0 Å². The standard InChI is InChI=1S/C10H13N7O/c11-7-8(5-1-2-5)16-17-9(7)10(18)12-3-6-13-4-14-15-6/h4-5H,1-3,11H2,(H,12,18)(H,16,17)(H,13,14,15). The fraction of sp³-hybridized carbons (Fsp3) is 0.400. The monoisotopic (exact) mass is 247 g/mol. The predicted molar refractivity (Wildman–Crippen MR) is 62.5 cm³/mol. The van der Waals surface area contributed by atoms with Gasteiger partial charge in [-0.15, -0.1) is 0 Å². The fourth-order valence-electron chi connectivity index (χ4n) is 1.78. The van der Waals surface area contributed by atoms with Crippen LogP contribution in [0.2, 0.25) is 0 Å². The smallest absolute Gasteiger partial charge is 0.274 e. The lowest BCUT2D eigenvalue weighted by Crippen LogP contribution is -2.24. The van der Waals surface area contributed by atoms with E-state index in [2.05, 4.69) is 30.7 Å². The van der Waals surface area contributed by atoms with Crippen LogP contribution in [0.5, 0.6) is 0 Å². The summed E-state index contributed by atoms with van der Waals surface area (Å²) in [5.74, 6) is 0.709. The number of nitrogens with one attached hydrogen (secondary N) is 3. The third kappa shape index (κ3) is 1.92. The van der Waals surface area contributed by atoms with E-state index in [0.29, 0.717) is 17.4 Å². The maximum atomic E-state index is 11.9. The summed E-state index contributed by atoms with van der Waals surface area (Å²) in [6.45, 7) is 0.268. The van der Waals surface area contributed by atoms with Crippen molar-refractivity contribution >= 4 is 11.6 Å². The van der Waals surface area contributed by atoms with Gasteiger partial charge in [0.05, 0.1) is 17.9 Å². The molecule has 0 saturated heterocycles. The summed E-state index contributed by atoms with van der Waals surface area (Å²) in [5.41, 5.74) is 7.48. The van der Waals surface area contributed by atoms with E-state index in [9.17, 15) is 4.79 Å². The number of nitrogens with zero attached hydrogens (tertiary/aromatic N) is 3. The second kappa shape index (κ2) is 4.13. The average Bonchev–Trinajstić information content (AvgIpc) is 2.93. The zero-order chi connectivity index (χ0) is 12.5. The van der Waals surface area contributed by atoms with E-state index in [-0.39, 0.29) is 18.1 Å². The van der Waals surface area contributed by atoms with E-state index in [0.717, 1.165) is 18.5 Å². The van der Waals surface area contributed by atoms with Crippen LogP contribution >= 0.6 is 0 Å². The largest absolute Gasteiger partial charge is 0.395 e. The Balaban J connectivity index is 1.68. The zero-order valence-electron chi connectivity index (χ0n) is 9.60. The Kier molecular flexibility index (Phi) is 2.47. The molecule has 0 spiro atoms. The minimum atomic E-state index is -0.313.